The van der Waals surface area contributed by atoms with Crippen LogP contribution in [0.25, 0.3) is 0 Å². The van der Waals surface area contributed by atoms with Crippen LogP contribution < -0.4 is 0 Å². The Morgan fingerprint density at radius 2 is 2.00 bits per heavy atom. The van der Waals surface area contributed by atoms with Crippen LogP contribution >= 0.6 is 43.5 Å². The highest BCUT2D eigenvalue weighted by molar-refractivity contribution is 9.11. The second kappa shape index (κ2) is 3.57. The first kappa shape index (κ1) is 9.05. The molecule has 0 heterocycles. The standard InChI is InChI=1S/C7H2Br2ClN/c8-5-1-2-6(10)7(9)4(5)3-11/h1-2H. The van der Waals surface area contributed by atoms with Gasteiger partial charge in [0.25, 0.3) is 0 Å². The summed E-state index contributed by atoms with van der Waals surface area (Å²) in [7, 11) is 0. The van der Waals surface area contributed by atoms with Gasteiger partial charge in [-0.05, 0) is 44.0 Å². The van der Waals surface area contributed by atoms with Crippen molar-refractivity contribution in [3.63, 3.8) is 0 Å². The normalized spacial score (nSPS) is 9.27. The summed E-state index contributed by atoms with van der Waals surface area (Å²) in [4.78, 5) is 0. The van der Waals surface area contributed by atoms with E-state index in [4.69, 9.17) is 16.9 Å². The van der Waals surface area contributed by atoms with E-state index in [9.17, 15) is 0 Å². The van der Waals surface area contributed by atoms with Gasteiger partial charge in [-0.25, -0.2) is 0 Å². The Hall–Kier alpha value is -0.0400. The van der Waals surface area contributed by atoms with Gasteiger partial charge in [0.05, 0.1) is 15.1 Å². The molecule has 0 aliphatic rings. The largest absolute Gasteiger partial charge is 0.192 e. The van der Waals surface area contributed by atoms with E-state index >= 15 is 0 Å². The lowest BCUT2D eigenvalue weighted by Crippen LogP contribution is -1.80. The third-order valence-electron chi connectivity index (χ3n) is 1.16. The predicted octanol–water partition coefficient (Wildman–Crippen LogP) is 3.74. The van der Waals surface area contributed by atoms with Gasteiger partial charge in [-0.2, -0.15) is 5.26 Å². The summed E-state index contributed by atoms with van der Waals surface area (Å²) >= 11 is 12.2. The molecule has 56 valence electrons. The third kappa shape index (κ3) is 1.76. The van der Waals surface area contributed by atoms with Crippen LogP contribution in [0.1, 0.15) is 5.56 Å². The molecule has 1 rings (SSSR count). The molecule has 0 saturated carbocycles. The van der Waals surface area contributed by atoms with Crippen LogP contribution in [0.4, 0.5) is 0 Å². The maximum atomic E-state index is 8.66. The molecule has 0 atom stereocenters. The first-order valence-electron chi connectivity index (χ1n) is 2.70. The first-order valence-corrected chi connectivity index (χ1v) is 4.67. The van der Waals surface area contributed by atoms with E-state index in [-0.39, 0.29) is 0 Å². The van der Waals surface area contributed by atoms with E-state index in [2.05, 4.69) is 31.9 Å². The minimum absolute atomic E-state index is 0.525. The van der Waals surface area contributed by atoms with Gasteiger partial charge in [0.1, 0.15) is 6.07 Å². The van der Waals surface area contributed by atoms with Gasteiger partial charge in [0, 0.05) is 4.47 Å². The molecule has 1 aromatic rings. The van der Waals surface area contributed by atoms with E-state index in [1.807, 2.05) is 6.07 Å². The maximum Gasteiger partial charge on any atom is 0.102 e. The predicted molar refractivity (Wildman–Crippen MR) is 51.6 cm³/mol. The Morgan fingerprint density at radius 3 is 2.45 bits per heavy atom. The molecule has 1 aromatic carbocycles. The molecule has 0 aliphatic heterocycles. The molecular weight excluding hydrogens is 293 g/mol. The molecule has 0 fully saturated rings. The minimum atomic E-state index is 0.525. The third-order valence-corrected chi connectivity index (χ3v) is 3.18. The van der Waals surface area contributed by atoms with Crippen molar-refractivity contribution in [3.8, 4) is 6.07 Å². The van der Waals surface area contributed by atoms with E-state index in [1.54, 1.807) is 12.1 Å². The van der Waals surface area contributed by atoms with Gasteiger partial charge in [0.2, 0.25) is 0 Å². The Labute approximate surface area is 86.2 Å². The summed E-state index contributed by atoms with van der Waals surface area (Å²) in [5.41, 5.74) is 0.525. The summed E-state index contributed by atoms with van der Waals surface area (Å²) < 4.78 is 1.38. The Balaban J connectivity index is 3.44. The highest BCUT2D eigenvalue weighted by Crippen LogP contribution is 2.30. The summed E-state index contributed by atoms with van der Waals surface area (Å²) in [5, 5.41) is 9.20. The van der Waals surface area contributed by atoms with Crippen LogP contribution in [-0.4, -0.2) is 0 Å². The molecule has 0 aliphatic carbocycles. The Morgan fingerprint density at radius 1 is 1.36 bits per heavy atom. The fraction of sp³-hybridized carbons (Fsp3) is 0. The molecule has 11 heavy (non-hydrogen) atoms. The molecule has 0 spiro atoms. The van der Waals surface area contributed by atoms with Crippen molar-refractivity contribution in [1.82, 2.24) is 0 Å². The zero-order valence-corrected chi connectivity index (χ0v) is 9.16. The van der Waals surface area contributed by atoms with Crippen molar-refractivity contribution in [1.29, 1.82) is 5.26 Å². The molecule has 0 aromatic heterocycles. The smallest absolute Gasteiger partial charge is 0.102 e. The van der Waals surface area contributed by atoms with E-state index in [1.165, 1.54) is 0 Å². The first-order chi connectivity index (χ1) is 5.16. The van der Waals surface area contributed by atoms with Crippen LogP contribution in [0.15, 0.2) is 21.1 Å². The quantitative estimate of drug-likeness (QED) is 0.669. The number of nitrogens with zero attached hydrogens (tertiary/aromatic N) is 1. The van der Waals surface area contributed by atoms with Crippen molar-refractivity contribution in [2.45, 2.75) is 0 Å². The molecule has 0 bridgehead atoms. The molecule has 1 nitrogen and oxygen atoms in total. The fourth-order valence-electron chi connectivity index (χ4n) is 0.630. The van der Waals surface area contributed by atoms with Crippen molar-refractivity contribution in [3.05, 3.63) is 31.7 Å². The lowest BCUT2D eigenvalue weighted by atomic mass is 10.2. The number of hydrogen-bond acceptors (Lipinski definition) is 1. The lowest BCUT2D eigenvalue weighted by molar-refractivity contribution is 1.44. The summed E-state index contributed by atoms with van der Waals surface area (Å²) in [6.07, 6.45) is 0. The number of halogens is 3. The molecule has 0 saturated heterocycles. The Bertz CT molecular complexity index is 330. The van der Waals surface area contributed by atoms with Gasteiger partial charge in [-0.3, -0.25) is 0 Å². The summed E-state index contributed by atoms with van der Waals surface area (Å²) in [6, 6.07) is 5.49. The molecular formula is C7H2Br2ClN. The maximum absolute atomic E-state index is 8.66. The zero-order chi connectivity index (χ0) is 8.43. The van der Waals surface area contributed by atoms with E-state index in [0.29, 0.717) is 15.1 Å². The van der Waals surface area contributed by atoms with Crippen molar-refractivity contribution >= 4 is 43.5 Å². The summed E-state index contributed by atoms with van der Waals surface area (Å²) in [5.74, 6) is 0. The monoisotopic (exact) mass is 293 g/mol. The average Bonchev–Trinajstić information content (AvgIpc) is 1.99. The van der Waals surface area contributed by atoms with Crippen LogP contribution in [0.5, 0.6) is 0 Å². The van der Waals surface area contributed by atoms with Crippen LogP contribution in [-0.2, 0) is 0 Å². The fourth-order valence-corrected chi connectivity index (χ4v) is 1.91. The second-order valence-electron chi connectivity index (χ2n) is 1.83. The second-order valence-corrected chi connectivity index (χ2v) is 3.88. The van der Waals surface area contributed by atoms with Gasteiger partial charge >= 0.3 is 0 Å². The minimum Gasteiger partial charge on any atom is -0.192 e. The number of rotatable bonds is 0. The average molecular weight is 295 g/mol. The van der Waals surface area contributed by atoms with Gasteiger partial charge in [0.15, 0.2) is 0 Å². The lowest BCUT2D eigenvalue weighted by Gasteiger charge is -1.99. The molecule has 0 unspecified atom stereocenters. The van der Waals surface area contributed by atoms with Gasteiger partial charge in [-0.15, -0.1) is 0 Å². The van der Waals surface area contributed by atoms with Crippen molar-refractivity contribution < 1.29 is 0 Å². The highest BCUT2D eigenvalue weighted by Gasteiger charge is 2.06. The van der Waals surface area contributed by atoms with E-state index < -0.39 is 0 Å². The number of benzene rings is 1. The van der Waals surface area contributed by atoms with Crippen LogP contribution in [0.2, 0.25) is 5.02 Å². The molecule has 0 amide bonds. The van der Waals surface area contributed by atoms with Crippen molar-refractivity contribution in [2.75, 3.05) is 0 Å². The highest BCUT2D eigenvalue weighted by atomic mass is 79.9. The van der Waals surface area contributed by atoms with Gasteiger partial charge < -0.3 is 0 Å². The summed E-state index contributed by atoms with van der Waals surface area (Å²) in [6.45, 7) is 0. The molecule has 0 N–H and O–H groups in total. The molecule has 0 radical (unpaired) electrons. The topological polar surface area (TPSA) is 23.8 Å². The SMILES string of the molecule is N#Cc1c(Br)ccc(Cl)c1Br. The van der Waals surface area contributed by atoms with Crippen LogP contribution in [0.3, 0.4) is 0 Å². The zero-order valence-electron chi connectivity index (χ0n) is 5.24. The number of hydrogen-bond donors (Lipinski definition) is 0. The van der Waals surface area contributed by atoms with Crippen LogP contribution in [0, 0.1) is 11.3 Å². The molecule has 4 heteroatoms. The number of nitriles is 1. The Kier molecular flexibility index (Phi) is 2.94. The van der Waals surface area contributed by atoms with Gasteiger partial charge in [-0.1, -0.05) is 11.6 Å². The van der Waals surface area contributed by atoms with Crippen molar-refractivity contribution in [2.24, 2.45) is 0 Å². The van der Waals surface area contributed by atoms with E-state index in [0.717, 1.165) is 4.47 Å².